The van der Waals surface area contributed by atoms with Crippen molar-refractivity contribution in [3.8, 4) is 5.69 Å². The summed E-state index contributed by atoms with van der Waals surface area (Å²) in [5.41, 5.74) is 4.83. The third kappa shape index (κ3) is 3.20. The molecule has 1 N–H and O–H groups in total. The molecule has 6 heteroatoms. The van der Waals surface area contributed by atoms with Gasteiger partial charge in [0, 0.05) is 12.1 Å². The van der Waals surface area contributed by atoms with E-state index in [1.807, 2.05) is 39.8 Å². The number of benzene rings is 2. The van der Waals surface area contributed by atoms with Gasteiger partial charge in [0.2, 0.25) is 0 Å². The summed E-state index contributed by atoms with van der Waals surface area (Å²) in [5, 5.41) is 12.0. The minimum Gasteiger partial charge on any atom is -0.269 e. The van der Waals surface area contributed by atoms with Crippen molar-refractivity contribution in [3.63, 3.8) is 0 Å². The first-order valence-corrected chi connectivity index (χ1v) is 9.90. The van der Waals surface area contributed by atoms with Crippen molar-refractivity contribution in [1.82, 2.24) is 24.5 Å². The lowest BCUT2D eigenvalue weighted by Crippen LogP contribution is -2.01. The average Bonchev–Trinajstić information content (AvgIpc) is 3.21. The Bertz CT molecular complexity index is 1150. The van der Waals surface area contributed by atoms with E-state index in [4.69, 9.17) is 12.2 Å². The van der Waals surface area contributed by atoms with E-state index < -0.39 is 0 Å². The summed E-state index contributed by atoms with van der Waals surface area (Å²) < 4.78 is 4.58. The van der Waals surface area contributed by atoms with E-state index in [0.29, 0.717) is 16.6 Å². The molecule has 2 heterocycles. The van der Waals surface area contributed by atoms with Gasteiger partial charge in [-0.1, -0.05) is 60.2 Å². The van der Waals surface area contributed by atoms with Crippen LogP contribution in [0.4, 0.5) is 0 Å². The standard InChI is InChI=1S/C22H21N5S/c1-15-7-9-17(10-8-15)19-11-20(19)21-24-25-22(28)27(21)18-12-23-26(14-18)13-16-5-3-2-4-6-16/h2-10,12,14,19-20H,11,13H2,1H3,(H,25,28)/t19-,20+/m1/s1. The Kier molecular flexibility index (Phi) is 4.20. The highest BCUT2D eigenvalue weighted by molar-refractivity contribution is 7.71. The Labute approximate surface area is 168 Å². The van der Waals surface area contributed by atoms with Crippen molar-refractivity contribution in [2.75, 3.05) is 0 Å². The summed E-state index contributed by atoms with van der Waals surface area (Å²) in [6.45, 7) is 2.85. The normalized spacial score (nSPS) is 18.3. The number of aryl methyl sites for hydroxylation is 1. The predicted molar refractivity (Wildman–Crippen MR) is 111 cm³/mol. The molecule has 2 aromatic carbocycles. The van der Waals surface area contributed by atoms with Gasteiger partial charge in [-0.3, -0.25) is 14.3 Å². The third-order valence-corrected chi connectivity index (χ3v) is 5.66. The molecule has 1 fully saturated rings. The summed E-state index contributed by atoms with van der Waals surface area (Å²) in [6, 6.07) is 19.1. The molecule has 0 bridgehead atoms. The van der Waals surface area contributed by atoms with Gasteiger partial charge < -0.3 is 0 Å². The lowest BCUT2D eigenvalue weighted by Gasteiger charge is -2.05. The smallest absolute Gasteiger partial charge is 0.199 e. The van der Waals surface area contributed by atoms with Crippen molar-refractivity contribution in [3.05, 3.63) is 94.3 Å². The molecule has 5 rings (SSSR count). The number of hydrogen-bond donors (Lipinski definition) is 1. The van der Waals surface area contributed by atoms with Crippen LogP contribution in [0.3, 0.4) is 0 Å². The lowest BCUT2D eigenvalue weighted by molar-refractivity contribution is 0.686. The van der Waals surface area contributed by atoms with Gasteiger partial charge in [-0.05, 0) is 42.6 Å². The molecule has 0 aliphatic heterocycles. The van der Waals surface area contributed by atoms with Crippen LogP contribution in [0, 0.1) is 11.7 Å². The Morgan fingerprint density at radius 1 is 1.07 bits per heavy atom. The lowest BCUT2D eigenvalue weighted by atomic mass is 10.1. The van der Waals surface area contributed by atoms with Crippen LogP contribution in [0.5, 0.6) is 0 Å². The molecular weight excluding hydrogens is 366 g/mol. The molecule has 0 radical (unpaired) electrons. The Balaban J connectivity index is 1.41. The maximum absolute atomic E-state index is 5.52. The van der Waals surface area contributed by atoms with Gasteiger partial charge in [0.15, 0.2) is 4.77 Å². The topological polar surface area (TPSA) is 51.4 Å². The molecule has 2 aromatic heterocycles. The van der Waals surface area contributed by atoms with E-state index in [1.165, 1.54) is 16.7 Å². The number of hydrogen-bond acceptors (Lipinski definition) is 3. The molecule has 0 unspecified atom stereocenters. The SMILES string of the molecule is Cc1ccc([C@H]2C[C@@H]2c2n[nH]c(=S)n2-c2cnn(Cc3ccccc3)c2)cc1. The quantitative estimate of drug-likeness (QED) is 0.503. The Morgan fingerprint density at radius 2 is 1.86 bits per heavy atom. The fourth-order valence-electron chi connectivity index (χ4n) is 3.79. The number of aromatic nitrogens is 5. The van der Waals surface area contributed by atoms with Gasteiger partial charge >= 0.3 is 0 Å². The zero-order chi connectivity index (χ0) is 19.1. The number of aromatic amines is 1. The third-order valence-electron chi connectivity index (χ3n) is 5.39. The maximum Gasteiger partial charge on any atom is 0.199 e. The average molecular weight is 388 g/mol. The Hall–Kier alpha value is -2.99. The minimum absolute atomic E-state index is 0.383. The van der Waals surface area contributed by atoms with Crippen molar-refractivity contribution >= 4 is 12.2 Å². The highest BCUT2D eigenvalue weighted by Crippen LogP contribution is 2.54. The van der Waals surface area contributed by atoms with Crippen LogP contribution in [0.1, 0.15) is 40.8 Å². The monoisotopic (exact) mass is 387 g/mol. The first kappa shape index (κ1) is 17.1. The number of nitrogens with one attached hydrogen (secondary N) is 1. The fourth-order valence-corrected chi connectivity index (χ4v) is 4.04. The van der Waals surface area contributed by atoms with Crippen molar-refractivity contribution in [1.29, 1.82) is 0 Å². The van der Waals surface area contributed by atoms with Crippen LogP contribution in [-0.4, -0.2) is 24.5 Å². The summed E-state index contributed by atoms with van der Waals surface area (Å²) >= 11 is 5.52. The second-order valence-corrected chi connectivity index (χ2v) is 7.85. The van der Waals surface area contributed by atoms with E-state index in [9.17, 15) is 0 Å². The molecule has 4 aromatic rings. The second kappa shape index (κ2) is 6.87. The highest BCUT2D eigenvalue weighted by atomic mass is 32.1. The first-order valence-electron chi connectivity index (χ1n) is 9.49. The van der Waals surface area contributed by atoms with Gasteiger partial charge in [0.05, 0.1) is 18.4 Å². The van der Waals surface area contributed by atoms with Crippen LogP contribution in [0.2, 0.25) is 0 Å². The molecular formula is C22H21N5S. The van der Waals surface area contributed by atoms with Gasteiger partial charge in [0.25, 0.3) is 0 Å². The number of nitrogens with zero attached hydrogens (tertiary/aromatic N) is 4. The molecule has 0 amide bonds. The van der Waals surface area contributed by atoms with Gasteiger partial charge in [-0.25, -0.2) is 0 Å². The largest absolute Gasteiger partial charge is 0.269 e. The zero-order valence-electron chi connectivity index (χ0n) is 15.6. The Morgan fingerprint density at radius 3 is 2.64 bits per heavy atom. The molecule has 28 heavy (non-hydrogen) atoms. The minimum atomic E-state index is 0.383. The predicted octanol–water partition coefficient (Wildman–Crippen LogP) is 4.75. The maximum atomic E-state index is 5.52. The summed E-state index contributed by atoms with van der Waals surface area (Å²) in [4.78, 5) is 0. The van der Waals surface area contributed by atoms with Crippen LogP contribution in [0.25, 0.3) is 5.69 Å². The molecule has 140 valence electrons. The molecule has 5 nitrogen and oxygen atoms in total. The molecule has 1 aliphatic carbocycles. The molecule has 2 atom stereocenters. The van der Waals surface area contributed by atoms with Crippen molar-refractivity contribution in [2.45, 2.75) is 31.7 Å². The second-order valence-electron chi connectivity index (χ2n) is 7.46. The molecule has 1 aliphatic rings. The molecule has 0 saturated heterocycles. The van der Waals surface area contributed by atoms with Crippen LogP contribution in [-0.2, 0) is 6.54 Å². The van der Waals surface area contributed by atoms with E-state index in [1.54, 1.807) is 0 Å². The first-order chi connectivity index (χ1) is 13.7. The molecule has 1 saturated carbocycles. The van der Waals surface area contributed by atoms with E-state index in [2.05, 4.69) is 58.6 Å². The van der Waals surface area contributed by atoms with E-state index >= 15 is 0 Å². The number of rotatable bonds is 5. The summed E-state index contributed by atoms with van der Waals surface area (Å²) in [5.74, 6) is 1.88. The van der Waals surface area contributed by atoms with E-state index in [0.717, 1.165) is 24.5 Å². The van der Waals surface area contributed by atoms with Crippen LogP contribution >= 0.6 is 12.2 Å². The van der Waals surface area contributed by atoms with Crippen molar-refractivity contribution in [2.24, 2.45) is 0 Å². The van der Waals surface area contributed by atoms with Gasteiger partial charge in [-0.15, -0.1) is 0 Å². The zero-order valence-corrected chi connectivity index (χ0v) is 16.4. The van der Waals surface area contributed by atoms with Gasteiger partial charge in [-0.2, -0.15) is 10.2 Å². The fraction of sp³-hybridized carbons (Fsp3) is 0.227. The highest BCUT2D eigenvalue weighted by Gasteiger charge is 2.43. The van der Waals surface area contributed by atoms with Crippen LogP contribution < -0.4 is 0 Å². The summed E-state index contributed by atoms with van der Waals surface area (Å²) in [7, 11) is 0. The van der Waals surface area contributed by atoms with E-state index in [-0.39, 0.29) is 0 Å². The van der Waals surface area contributed by atoms with Crippen LogP contribution in [0.15, 0.2) is 67.0 Å². The van der Waals surface area contributed by atoms with Crippen molar-refractivity contribution < 1.29 is 0 Å². The number of H-pyrrole nitrogens is 1. The molecule has 0 spiro atoms. The van der Waals surface area contributed by atoms with Gasteiger partial charge in [0.1, 0.15) is 5.82 Å². The summed E-state index contributed by atoms with van der Waals surface area (Å²) in [6.07, 6.45) is 4.99.